The van der Waals surface area contributed by atoms with Crippen molar-refractivity contribution in [1.29, 1.82) is 0 Å². The first-order chi connectivity index (χ1) is 17.3. The Bertz CT molecular complexity index is 995. The minimum absolute atomic E-state index is 0.0384. The normalized spacial score (nSPS) is 13.8. The molecular formula is C22H34N8O7. The molecule has 0 saturated heterocycles. The van der Waals surface area contributed by atoms with Crippen molar-refractivity contribution >= 4 is 35.6 Å². The molecule has 0 heterocycles. The average molecular weight is 523 g/mol. The zero-order chi connectivity index (χ0) is 28.1. The summed E-state index contributed by atoms with van der Waals surface area (Å²) in [5, 5.41) is 25.4. The molecule has 0 spiro atoms. The van der Waals surface area contributed by atoms with Crippen LogP contribution in [0.5, 0.6) is 5.75 Å². The number of nitrogens with one attached hydrogen (secondary N) is 3. The van der Waals surface area contributed by atoms with Gasteiger partial charge in [-0.1, -0.05) is 12.1 Å². The van der Waals surface area contributed by atoms with E-state index < -0.39 is 60.2 Å². The van der Waals surface area contributed by atoms with E-state index in [-0.39, 0.29) is 37.5 Å². The molecule has 1 aromatic carbocycles. The highest BCUT2D eigenvalue weighted by Crippen LogP contribution is 2.11. The molecule has 0 aliphatic carbocycles. The SMILES string of the molecule is CC(NC(=O)C(CC(N)=O)NC(=O)C(CCCN=C(N)N)NC(=O)C(N)Cc1ccc(O)cc1)C(=O)O. The lowest BCUT2D eigenvalue weighted by Gasteiger charge is -2.24. The third-order valence-electron chi connectivity index (χ3n) is 5.07. The standard InChI is InChI=1S/C22H34N8O7/c1-11(21(36)37)28-20(35)16(10-17(24)32)30-19(34)15(3-2-8-27-22(25)26)29-18(33)14(23)9-12-4-6-13(31)7-5-12/h4-7,11,14-16,31H,2-3,8-10,23H2,1H3,(H2,24,32)(H,28,35)(H,29,33)(H,30,34)(H,36,37)(H4,25,26,27). The Balaban J connectivity index is 2.99. The van der Waals surface area contributed by atoms with Gasteiger partial charge in [0.15, 0.2) is 5.96 Å². The number of primary amides is 1. The van der Waals surface area contributed by atoms with Crippen LogP contribution in [-0.4, -0.2) is 76.5 Å². The molecule has 0 saturated carbocycles. The zero-order valence-electron chi connectivity index (χ0n) is 20.3. The molecule has 0 radical (unpaired) electrons. The van der Waals surface area contributed by atoms with Crippen LogP contribution in [0.25, 0.3) is 0 Å². The summed E-state index contributed by atoms with van der Waals surface area (Å²) in [6.07, 6.45) is -0.212. The number of carbonyl (C=O) groups is 5. The fourth-order valence-electron chi connectivity index (χ4n) is 3.09. The predicted octanol–water partition coefficient (Wildman–Crippen LogP) is -3.25. The zero-order valence-corrected chi connectivity index (χ0v) is 20.3. The van der Waals surface area contributed by atoms with Crippen LogP contribution in [0.15, 0.2) is 29.3 Å². The summed E-state index contributed by atoms with van der Waals surface area (Å²) in [6.45, 7) is 1.34. The Hall–Kier alpha value is -4.40. The first-order valence-electron chi connectivity index (χ1n) is 11.3. The third-order valence-corrected chi connectivity index (χ3v) is 5.07. The van der Waals surface area contributed by atoms with Gasteiger partial charge in [-0.2, -0.15) is 0 Å². The summed E-state index contributed by atoms with van der Waals surface area (Å²) >= 11 is 0. The minimum atomic E-state index is -1.49. The Kier molecular flexibility index (Phi) is 12.3. The van der Waals surface area contributed by atoms with Crippen LogP contribution in [0, 0.1) is 0 Å². The minimum Gasteiger partial charge on any atom is -0.508 e. The van der Waals surface area contributed by atoms with E-state index in [0.29, 0.717) is 5.56 Å². The summed E-state index contributed by atoms with van der Waals surface area (Å²) in [6, 6.07) is 1.01. The molecule has 15 heteroatoms. The molecule has 1 rings (SSSR count). The number of benzene rings is 1. The molecule has 4 unspecified atom stereocenters. The lowest BCUT2D eigenvalue weighted by molar-refractivity contribution is -0.142. The van der Waals surface area contributed by atoms with Gasteiger partial charge in [0.25, 0.3) is 0 Å². The first kappa shape index (κ1) is 30.6. The van der Waals surface area contributed by atoms with Crippen LogP contribution in [0.2, 0.25) is 0 Å². The van der Waals surface area contributed by atoms with Crippen LogP contribution >= 0.6 is 0 Å². The van der Waals surface area contributed by atoms with Crippen molar-refractivity contribution in [3.63, 3.8) is 0 Å². The maximum Gasteiger partial charge on any atom is 0.325 e. The molecule has 4 atom stereocenters. The van der Waals surface area contributed by atoms with E-state index in [9.17, 15) is 29.1 Å². The van der Waals surface area contributed by atoms with E-state index in [0.717, 1.165) is 0 Å². The van der Waals surface area contributed by atoms with E-state index in [2.05, 4.69) is 20.9 Å². The summed E-state index contributed by atoms with van der Waals surface area (Å²) in [4.78, 5) is 64.5. The number of guanidine groups is 1. The number of carbonyl (C=O) groups excluding carboxylic acids is 4. The fraction of sp³-hybridized carbons (Fsp3) is 0.455. The second-order valence-corrected chi connectivity index (χ2v) is 8.29. The Morgan fingerprint density at radius 2 is 1.49 bits per heavy atom. The number of aromatic hydroxyl groups is 1. The maximum absolute atomic E-state index is 13.0. The van der Waals surface area contributed by atoms with E-state index in [1.54, 1.807) is 12.1 Å². The Morgan fingerprint density at radius 1 is 0.919 bits per heavy atom. The number of hydrogen-bond acceptors (Lipinski definition) is 8. The highest BCUT2D eigenvalue weighted by molar-refractivity contribution is 5.96. The fourth-order valence-corrected chi connectivity index (χ4v) is 3.09. The van der Waals surface area contributed by atoms with Gasteiger partial charge in [-0.15, -0.1) is 0 Å². The summed E-state index contributed by atoms with van der Waals surface area (Å²) in [5.74, 6) is -4.82. The van der Waals surface area contributed by atoms with Gasteiger partial charge in [-0.05, 0) is 43.9 Å². The van der Waals surface area contributed by atoms with Gasteiger partial charge in [-0.3, -0.25) is 29.0 Å². The van der Waals surface area contributed by atoms with Crippen molar-refractivity contribution in [2.45, 2.75) is 56.8 Å². The van der Waals surface area contributed by atoms with Gasteiger partial charge in [0, 0.05) is 6.54 Å². The highest BCUT2D eigenvalue weighted by atomic mass is 16.4. The molecule has 204 valence electrons. The predicted molar refractivity (Wildman–Crippen MR) is 133 cm³/mol. The van der Waals surface area contributed by atoms with E-state index in [1.807, 2.05) is 0 Å². The molecule has 1 aromatic rings. The Labute approximate surface area is 213 Å². The summed E-state index contributed by atoms with van der Waals surface area (Å²) < 4.78 is 0. The number of nitrogens with two attached hydrogens (primary N) is 4. The number of rotatable bonds is 15. The molecule has 15 nitrogen and oxygen atoms in total. The molecule has 37 heavy (non-hydrogen) atoms. The number of aliphatic imine (C=N–C) groups is 1. The average Bonchev–Trinajstić information content (AvgIpc) is 2.81. The van der Waals surface area contributed by atoms with Gasteiger partial charge < -0.3 is 49.1 Å². The third kappa shape index (κ3) is 11.7. The van der Waals surface area contributed by atoms with Crippen LogP contribution < -0.4 is 38.9 Å². The van der Waals surface area contributed by atoms with Crippen molar-refractivity contribution in [1.82, 2.24) is 16.0 Å². The first-order valence-corrected chi connectivity index (χ1v) is 11.3. The van der Waals surface area contributed by atoms with Crippen molar-refractivity contribution in [2.24, 2.45) is 27.9 Å². The number of nitrogens with zero attached hydrogens (tertiary/aromatic N) is 1. The lowest BCUT2D eigenvalue weighted by atomic mass is 10.0. The van der Waals surface area contributed by atoms with E-state index >= 15 is 0 Å². The smallest absolute Gasteiger partial charge is 0.325 e. The number of phenols is 1. The summed E-state index contributed by atoms with van der Waals surface area (Å²) in [5.41, 5.74) is 22.4. The number of hydrogen-bond donors (Lipinski definition) is 9. The van der Waals surface area contributed by atoms with E-state index in [4.69, 9.17) is 28.0 Å². The number of carboxylic acids is 1. The molecule has 0 aliphatic rings. The van der Waals surface area contributed by atoms with Gasteiger partial charge in [-0.25, -0.2) is 0 Å². The van der Waals surface area contributed by atoms with Gasteiger partial charge in [0.1, 0.15) is 23.9 Å². The molecule has 4 amide bonds. The van der Waals surface area contributed by atoms with Gasteiger partial charge in [0.2, 0.25) is 23.6 Å². The molecular weight excluding hydrogens is 488 g/mol. The van der Waals surface area contributed by atoms with Crippen molar-refractivity contribution in [3.8, 4) is 5.75 Å². The van der Waals surface area contributed by atoms with Crippen LogP contribution in [0.3, 0.4) is 0 Å². The quantitative estimate of drug-likeness (QED) is 0.0630. The summed E-state index contributed by atoms with van der Waals surface area (Å²) in [7, 11) is 0. The molecule has 0 fully saturated rings. The van der Waals surface area contributed by atoms with Crippen molar-refractivity contribution < 1.29 is 34.2 Å². The van der Waals surface area contributed by atoms with Crippen LogP contribution in [-0.2, 0) is 30.4 Å². The highest BCUT2D eigenvalue weighted by Gasteiger charge is 2.30. The number of aliphatic carboxylic acids is 1. The second-order valence-electron chi connectivity index (χ2n) is 8.29. The second kappa shape index (κ2) is 14.9. The molecule has 0 aromatic heterocycles. The molecule has 0 bridgehead atoms. The largest absolute Gasteiger partial charge is 0.508 e. The van der Waals surface area contributed by atoms with Gasteiger partial charge >= 0.3 is 5.97 Å². The topological polar surface area (TPSA) is 278 Å². The Morgan fingerprint density at radius 3 is 2.03 bits per heavy atom. The number of carboxylic acid groups (broad SMARTS) is 1. The number of phenolic OH excluding ortho intramolecular Hbond substituents is 1. The van der Waals surface area contributed by atoms with Crippen LogP contribution in [0.1, 0.15) is 31.7 Å². The van der Waals surface area contributed by atoms with E-state index in [1.165, 1.54) is 19.1 Å². The maximum atomic E-state index is 13.0. The van der Waals surface area contributed by atoms with Crippen molar-refractivity contribution in [3.05, 3.63) is 29.8 Å². The van der Waals surface area contributed by atoms with Crippen LogP contribution in [0.4, 0.5) is 0 Å². The molecule has 0 aliphatic heterocycles. The lowest BCUT2D eigenvalue weighted by Crippen LogP contribution is -2.57. The van der Waals surface area contributed by atoms with Crippen molar-refractivity contribution in [2.75, 3.05) is 6.54 Å². The number of amides is 4. The molecule has 13 N–H and O–H groups in total. The van der Waals surface area contributed by atoms with Gasteiger partial charge in [0.05, 0.1) is 12.5 Å². The monoisotopic (exact) mass is 522 g/mol.